The van der Waals surface area contributed by atoms with Gasteiger partial charge in [-0.05, 0) is 47.7 Å². The molecule has 0 radical (unpaired) electrons. The normalized spacial score (nSPS) is 10.5. The van der Waals surface area contributed by atoms with Crippen LogP contribution in [0.3, 0.4) is 0 Å². The van der Waals surface area contributed by atoms with Gasteiger partial charge in [0.2, 0.25) is 0 Å². The zero-order valence-electron chi connectivity index (χ0n) is 15.5. The molecule has 0 amide bonds. The Morgan fingerprint density at radius 1 is 0.929 bits per heavy atom. The average Bonchev–Trinajstić information content (AvgIpc) is 2.71. The zero-order chi connectivity index (χ0) is 19.9. The molecule has 0 aliphatic rings. The molecule has 144 valence electrons. The standard InChI is InChI=1S/C23H21ClO4/c1-27-21-18(11-10-16-8-5-9-19(24)14-16)12-13-20(23(25)26)22(21)28-15-17-6-3-2-4-7-17/h2-9,12-14H,10-11,15H2,1H3,(H,25,26). The number of methoxy groups -OCH3 is 1. The van der Waals surface area contributed by atoms with Crippen LogP contribution in [0.15, 0.2) is 66.7 Å². The first kappa shape index (κ1) is 19.8. The summed E-state index contributed by atoms with van der Waals surface area (Å²) < 4.78 is 11.4. The van der Waals surface area contributed by atoms with Crippen molar-refractivity contribution in [3.8, 4) is 11.5 Å². The van der Waals surface area contributed by atoms with Crippen LogP contribution in [-0.2, 0) is 19.4 Å². The number of benzene rings is 3. The molecule has 3 rings (SSSR count). The number of carboxylic acids is 1. The van der Waals surface area contributed by atoms with Gasteiger partial charge in [0.25, 0.3) is 0 Å². The largest absolute Gasteiger partial charge is 0.493 e. The van der Waals surface area contributed by atoms with Crippen LogP contribution in [0.1, 0.15) is 27.0 Å². The van der Waals surface area contributed by atoms with E-state index in [0.717, 1.165) is 23.1 Å². The number of halogens is 1. The number of hydrogen-bond donors (Lipinski definition) is 1. The second-order valence-electron chi connectivity index (χ2n) is 6.34. The monoisotopic (exact) mass is 396 g/mol. The van der Waals surface area contributed by atoms with Gasteiger partial charge in [0.1, 0.15) is 12.2 Å². The highest BCUT2D eigenvalue weighted by molar-refractivity contribution is 6.30. The van der Waals surface area contributed by atoms with E-state index in [1.54, 1.807) is 12.1 Å². The molecule has 0 aromatic heterocycles. The van der Waals surface area contributed by atoms with Crippen molar-refractivity contribution < 1.29 is 19.4 Å². The van der Waals surface area contributed by atoms with Crippen LogP contribution in [0.4, 0.5) is 0 Å². The minimum atomic E-state index is -1.05. The Morgan fingerprint density at radius 3 is 2.36 bits per heavy atom. The number of aryl methyl sites for hydroxylation is 2. The molecule has 28 heavy (non-hydrogen) atoms. The van der Waals surface area contributed by atoms with Gasteiger partial charge in [0, 0.05) is 5.02 Å². The van der Waals surface area contributed by atoms with Crippen LogP contribution >= 0.6 is 11.6 Å². The summed E-state index contributed by atoms with van der Waals surface area (Å²) in [5, 5.41) is 10.3. The fourth-order valence-corrected chi connectivity index (χ4v) is 3.25. The molecule has 0 aliphatic carbocycles. The molecule has 5 heteroatoms. The molecular weight excluding hydrogens is 376 g/mol. The summed E-state index contributed by atoms with van der Waals surface area (Å²) in [4.78, 5) is 11.7. The second-order valence-corrected chi connectivity index (χ2v) is 6.78. The van der Waals surface area contributed by atoms with Crippen molar-refractivity contribution in [2.24, 2.45) is 0 Å². The number of aromatic carboxylic acids is 1. The Bertz CT molecular complexity index is 954. The van der Waals surface area contributed by atoms with Crippen LogP contribution in [-0.4, -0.2) is 18.2 Å². The number of carbonyl (C=O) groups is 1. The summed E-state index contributed by atoms with van der Waals surface area (Å²) in [7, 11) is 1.53. The molecule has 0 saturated carbocycles. The number of ether oxygens (including phenoxy) is 2. The summed E-state index contributed by atoms with van der Waals surface area (Å²) in [6, 6.07) is 20.6. The van der Waals surface area contributed by atoms with Crippen LogP contribution in [0.2, 0.25) is 5.02 Å². The van der Waals surface area contributed by atoms with Crippen LogP contribution in [0.25, 0.3) is 0 Å². The van der Waals surface area contributed by atoms with Crippen LogP contribution in [0, 0.1) is 0 Å². The minimum absolute atomic E-state index is 0.0827. The van der Waals surface area contributed by atoms with Crippen molar-refractivity contribution in [1.82, 2.24) is 0 Å². The van der Waals surface area contributed by atoms with E-state index in [1.165, 1.54) is 7.11 Å². The van der Waals surface area contributed by atoms with E-state index in [-0.39, 0.29) is 17.9 Å². The predicted molar refractivity (Wildman–Crippen MR) is 110 cm³/mol. The highest BCUT2D eigenvalue weighted by atomic mass is 35.5. The van der Waals surface area contributed by atoms with Gasteiger partial charge in [-0.15, -0.1) is 0 Å². The zero-order valence-corrected chi connectivity index (χ0v) is 16.3. The smallest absolute Gasteiger partial charge is 0.339 e. The molecule has 0 aliphatic heterocycles. The summed E-state index contributed by atoms with van der Waals surface area (Å²) in [6.07, 6.45) is 1.42. The molecule has 0 fully saturated rings. The summed E-state index contributed by atoms with van der Waals surface area (Å²) in [5.41, 5.74) is 3.02. The maximum atomic E-state index is 11.7. The molecule has 0 heterocycles. The van der Waals surface area contributed by atoms with E-state index in [9.17, 15) is 9.90 Å². The fourth-order valence-electron chi connectivity index (χ4n) is 3.04. The first-order chi connectivity index (χ1) is 13.6. The molecule has 0 saturated heterocycles. The van der Waals surface area contributed by atoms with Gasteiger partial charge in [-0.2, -0.15) is 0 Å². The lowest BCUT2D eigenvalue weighted by molar-refractivity contribution is 0.0691. The summed E-state index contributed by atoms with van der Waals surface area (Å²) in [5.74, 6) is -0.344. The van der Waals surface area contributed by atoms with E-state index in [2.05, 4.69) is 0 Å². The van der Waals surface area contributed by atoms with Gasteiger partial charge in [-0.25, -0.2) is 4.79 Å². The number of rotatable bonds is 8. The fraction of sp³-hybridized carbons (Fsp3) is 0.174. The first-order valence-corrected chi connectivity index (χ1v) is 9.30. The molecule has 3 aromatic rings. The SMILES string of the molecule is COc1c(CCc2cccc(Cl)c2)ccc(C(=O)O)c1OCc1ccccc1. The Balaban J connectivity index is 1.87. The summed E-state index contributed by atoms with van der Waals surface area (Å²) in [6.45, 7) is 0.259. The molecule has 0 unspecified atom stereocenters. The van der Waals surface area contributed by atoms with Gasteiger partial charge in [0.15, 0.2) is 11.5 Å². The van der Waals surface area contributed by atoms with Gasteiger partial charge in [-0.3, -0.25) is 0 Å². The van der Waals surface area contributed by atoms with Crippen LogP contribution in [0.5, 0.6) is 11.5 Å². The maximum absolute atomic E-state index is 11.7. The third-order valence-corrected chi connectivity index (χ3v) is 4.66. The van der Waals surface area contributed by atoms with E-state index in [4.69, 9.17) is 21.1 Å². The third-order valence-electron chi connectivity index (χ3n) is 4.43. The van der Waals surface area contributed by atoms with Gasteiger partial charge in [0.05, 0.1) is 7.11 Å². The summed E-state index contributed by atoms with van der Waals surface area (Å²) >= 11 is 6.06. The van der Waals surface area contributed by atoms with Gasteiger partial charge in [-0.1, -0.05) is 60.1 Å². The molecule has 0 atom stereocenters. The van der Waals surface area contributed by atoms with Crippen molar-refractivity contribution in [2.45, 2.75) is 19.4 Å². The second kappa shape index (κ2) is 9.29. The lowest BCUT2D eigenvalue weighted by Gasteiger charge is -2.17. The lowest BCUT2D eigenvalue weighted by atomic mass is 10.0. The first-order valence-electron chi connectivity index (χ1n) is 8.93. The van der Waals surface area contributed by atoms with E-state index >= 15 is 0 Å². The van der Waals surface area contributed by atoms with Crippen molar-refractivity contribution >= 4 is 17.6 Å². The highest BCUT2D eigenvalue weighted by Gasteiger charge is 2.20. The molecule has 0 spiro atoms. The number of carboxylic acid groups (broad SMARTS) is 1. The Morgan fingerprint density at radius 2 is 1.68 bits per heavy atom. The van der Waals surface area contributed by atoms with Crippen molar-refractivity contribution in [2.75, 3.05) is 7.11 Å². The average molecular weight is 397 g/mol. The Hall–Kier alpha value is -2.98. The maximum Gasteiger partial charge on any atom is 0.339 e. The molecular formula is C23H21ClO4. The van der Waals surface area contributed by atoms with Crippen molar-refractivity contribution in [3.63, 3.8) is 0 Å². The molecule has 0 bridgehead atoms. The van der Waals surface area contributed by atoms with Crippen molar-refractivity contribution in [3.05, 3.63) is 94.0 Å². The Kier molecular flexibility index (Phi) is 6.56. The van der Waals surface area contributed by atoms with E-state index in [0.29, 0.717) is 17.2 Å². The molecule has 3 aromatic carbocycles. The third kappa shape index (κ3) is 4.84. The van der Waals surface area contributed by atoms with Crippen LogP contribution < -0.4 is 9.47 Å². The highest BCUT2D eigenvalue weighted by Crippen LogP contribution is 2.36. The predicted octanol–water partition coefficient (Wildman–Crippen LogP) is 5.41. The van der Waals surface area contributed by atoms with E-state index < -0.39 is 5.97 Å². The topological polar surface area (TPSA) is 55.8 Å². The van der Waals surface area contributed by atoms with E-state index in [1.807, 2.05) is 54.6 Å². The minimum Gasteiger partial charge on any atom is -0.493 e. The Labute approximate surface area is 169 Å². The van der Waals surface area contributed by atoms with Gasteiger partial charge >= 0.3 is 5.97 Å². The number of hydrogen-bond acceptors (Lipinski definition) is 3. The molecule has 4 nitrogen and oxygen atoms in total. The quantitative estimate of drug-likeness (QED) is 0.553. The van der Waals surface area contributed by atoms with Crippen molar-refractivity contribution in [1.29, 1.82) is 0 Å². The van der Waals surface area contributed by atoms with Gasteiger partial charge < -0.3 is 14.6 Å². The molecule has 1 N–H and O–H groups in total. The lowest BCUT2D eigenvalue weighted by Crippen LogP contribution is -2.07.